The number of hydrogen-bond acceptors (Lipinski definition) is 5. The number of thioether (sulfide) groups is 1. The maximum Gasteiger partial charge on any atom is 0.267 e. The van der Waals surface area contributed by atoms with Crippen LogP contribution in [0, 0.1) is 0 Å². The Labute approximate surface area is 181 Å². The number of rotatable bonds is 5. The van der Waals surface area contributed by atoms with E-state index in [0.717, 1.165) is 46.4 Å². The van der Waals surface area contributed by atoms with Crippen LogP contribution < -0.4 is 10.9 Å². The number of para-hydroxylation sites is 2. The van der Waals surface area contributed by atoms with Gasteiger partial charge in [-0.15, -0.1) is 11.3 Å². The van der Waals surface area contributed by atoms with Gasteiger partial charge in [0.25, 0.3) is 5.56 Å². The second-order valence-electron chi connectivity index (χ2n) is 7.11. The van der Waals surface area contributed by atoms with E-state index >= 15 is 0 Å². The molecule has 5 rings (SSSR count). The lowest BCUT2D eigenvalue weighted by Gasteiger charge is -2.12. The van der Waals surface area contributed by atoms with Gasteiger partial charge in [0, 0.05) is 10.6 Å². The molecule has 0 bridgehead atoms. The van der Waals surface area contributed by atoms with Crippen LogP contribution in [0.15, 0.2) is 70.6 Å². The summed E-state index contributed by atoms with van der Waals surface area (Å²) in [6.45, 7) is 0. The molecule has 0 unspecified atom stereocenters. The monoisotopic (exact) mass is 433 g/mol. The van der Waals surface area contributed by atoms with Crippen molar-refractivity contribution in [2.75, 3.05) is 11.1 Å². The number of fused-ring (bicyclic) bond motifs is 3. The summed E-state index contributed by atoms with van der Waals surface area (Å²) in [5, 5.41) is 4.17. The number of aryl methyl sites for hydroxylation is 2. The molecule has 0 saturated carbocycles. The molecular formula is C23H19N3O2S2. The number of amides is 1. The van der Waals surface area contributed by atoms with Crippen LogP contribution in [0.5, 0.6) is 0 Å². The molecule has 2 aromatic carbocycles. The zero-order valence-corrected chi connectivity index (χ0v) is 17.8. The number of benzene rings is 2. The van der Waals surface area contributed by atoms with Crippen molar-refractivity contribution in [3.63, 3.8) is 0 Å². The molecule has 2 aromatic heterocycles. The minimum Gasteiger partial charge on any atom is -0.325 e. The van der Waals surface area contributed by atoms with E-state index in [-0.39, 0.29) is 17.2 Å². The van der Waals surface area contributed by atoms with Crippen molar-refractivity contribution >= 4 is 44.9 Å². The Balaban J connectivity index is 1.52. The summed E-state index contributed by atoms with van der Waals surface area (Å²) < 4.78 is 1.65. The van der Waals surface area contributed by atoms with Crippen LogP contribution in [0.4, 0.5) is 5.69 Å². The fraction of sp³-hybridized carbons (Fsp3) is 0.174. The Kier molecular flexibility index (Phi) is 5.14. The molecule has 5 nitrogen and oxygen atoms in total. The lowest BCUT2D eigenvalue weighted by molar-refractivity contribution is -0.113. The van der Waals surface area contributed by atoms with Crippen molar-refractivity contribution in [3.05, 3.63) is 81.5 Å². The molecule has 0 fully saturated rings. The number of carbonyl (C=O) groups excluding carboxylic acids is 1. The highest BCUT2D eigenvalue weighted by molar-refractivity contribution is 7.99. The van der Waals surface area contributed by atoms with E-state index in [2.05, 4.69) is 5.32 Å². The normalized spacial score (nSPS) is 12.8. The summed E-state index contributed by atoms with van der Waals surface area (Å²) >= 11 is 2.90. The maximum absolute atomic E-state index is 13.5. The number of aromatic nitrogens is 2. The number of thiophene rings is 1. The Morgan fingerprint density at radius 1 is 1.07 bits per heavy atom. The molecule has 0 radical (unpaired) electrons. The number of hydrogen-bond donors (Lipinski definition) is 1. The van der Waals surface area contributed by atoms with Crippen LogP contribution in [0.25, 0.3) is 15.9 Å². The summed E-state index contributed by atoms with van der Waals surface area (Å²) in [7, 11) is 0. The lowest BCUT2D eigenvalue weighted by atomic mass is 10.2. The van der Waals surface area contributed by atoms with Gasteiger partial charge in [0.15, 0.2) is 5.16 Å². The molecular weight excluding hydrogens is 414 g/mol. The van der Waals surface area contributed by atoms with Gasteiger partial charge in [-0.25, -0.2) is 4.98 Å². The van der Waals surface area contributed by atoms with Gasteiger partial charge in [0.05, 0.1) is 16.8 Å². The van der Waals surface area contributed by atoms with Crippen molar-refractivity contribution in [2.45, 2.75) is 24.4 Å². The molecule has 2 heterocycles. The van der Waals surface area contributed by atoms with Gasteiger partial charge in [-0.3, -0.25) is 14.2 Å². The molecule has 0 atom stereocenters. The van der Waals surface area contributed by atoms with Gasteiger partial charge < -0.3 is 5.32 Å². The summed E-state index contributed by atoms with van der Waals surface area (Å²) in [4.78, 5) is 32.8. The third-order valence-electron chi connectivity index (χ3n) is 5.11. The largest absolute Gasteiger partial charge is 0.325 e. The lowest BCUT2D eigenvalue weighted by Crippen LogP contribution is -2.23. The predicted molar refractivity (Wildman–Crippen MR) is 123 cm³/mol. The fourth-order valence-electron chi connectivity index (χ4n) is 3.77. The van der Waals surface area contributed by atoms with Crippen molar-refractivity contribution in [3.8, 4) is 5.69 Å². The van der Waals surface area contributed by atoms with Gasteiger partial charge in [0.2, 0.25) is 5.91 Å². The van der Waals surface area contributed by atoms with Crippen molar-refractivity contribution in [2.24, 2.45) is 0 Å². The highest BCUT2D eigenvalue weighted by Gasteiger charge is 2.24. The summed E-state index contributed by atoms with van der Waals surface area (Å²) in [5.74, 6) is 0.0407. The van der Waals surface area contributed by atoms with Crippen molar-refractivity contribution < 1.29 is 4.79 Å². The van der Waals surface area contributed by atoms with Crippen LogP contribution in [-0.4, -0.2) is 21.2 Å². The Morgan fingerprint density at radius 2 is 1.80 bits per heavy atom. The Bertz CT molecular complexity index is 1280. The summed E-state index contributed by atoms with van der Waals surface area (Å²) in [6.07, 6.45) is 3.05. The van der Waals surface area contributed by atoms with Gasteiger partial charge in [-0.2, -0.15) is 0 Å². The van der Waals surface area contributed by atoms with Crippen LogP contribution >= 0.6 is 23.1 Å². The van der Waals surface area contributed by atoms with Gasteiger partial charge in [-0.1, -0.05) is 48.2 Å². The van der Waals surface area contributed by atoms with Crippen LogP contribution in [0.3, 0.4) is 0 Å². The van der Waals surface area contributed by atoms with Crippen molar-refractivity contribution in [1.82, 2.24) is 9.55 Å². The third kappa shape index (κ3) is 3.55. The zero-order valence-electron chi connectivity index (χ0n) is 16.1. The van der Waals surface area contributed by atoms with E-state index in [9.17, 15) is 9.59 Å². The summed E-state index contributed by atoms with van der Waals surface area (Å²) in [6, 6.07) is 18.9. The first kappa shape index (κ1) is 19.1. The van der Waals surface area contributed by atoms with E-state index in [0.29, 0.717) is 5.16 Å². The first-order chi connectivity index (χ1) is 14.7. The van der Waals surface area contributed by atoms with E-state index < -0.39 is 0 Å². The van der Waals surface area contributed by atoms with Crippen molar-refractivity contribution in [1.29, 1.82) is 0 Å². The SMILES string of the molecule is O=C(CSc1nc2sc3c(c2c(=O)n1-c1ccccc1)CCC3)Nc1ccccc1. The number of anilines is 1. The maximum atomic E-state index is 13.5. The number of nitrogens with one attached hydrogen (secondary N) is 1. The fourth-order valence-corrected chi connectivity index (χ4v) is 5.89. The topological polar surface area (TPSA) is 64.0 Å². The predicted octanol–water partition coefficient (Wildman–Crippen LogP) is 4.67. The van der Waals surface area contributed by atoms with E-state index in [1.807, 2.05) is 60.7 Å². The molecule has 0 aliphatic heterocycles. The Morgan fingerprint density at radius 3 is 2.57 bits per heavy atom. The number of carbonyl (C=O) groups is 1. The van der Waals surface area contributed by atoms with Gasteiger partial charge in [0.1, 0.15) is 4.83 Å². The zero-order chi connectivity index (χ0) is 20.5. The first-order valence-electron chi connectivity index (χ1n) is 9.81. The summed E-state index contributed by atoms with van der Waals surface area (Å²) in [5.41, 5.74) is 2.63. The molecule has 150 valence electrons. The van der Waals surface area contributed by atoms with Crippen LogP contribution in [-0.2, 0) is 17.6 Å². The van der Waals surface area contributed by atoms with E-state index in [1.54, 1.807) is 15.9 Å². The van der Waals surface area contributed by atoms with E-state index in [1.165, 1.54) is 16.6 Å². The number of nitrogens with zero attached hydrogens (tertiary/aromatic N) is 2. The van der Waals surface area contributed by atoms with Crippen LogP contribution in [0.2, 0.25) is 0 Å². The molecule has 1 aliphatic rings. The molecule has 30 heavy (non-hydrogen) atoms. The first-order valence-corrected chi connectivity index (χ1v) is 11.6. The molecule has 7 heteroatoms. The smallest absolute Gasteiger partial charge is 0.267 e. The average molecular weight is 434 g/mol. The highest BCUT2D eigenvalue weighted by atomic mass is 32.2. The van der Waals surface area contributed by atoms with E-state index in [4.69, 9.17) is 4.98 Å². The molecule has 0 spiro atoms. The second kappa shape index (κ2) is 8.08. The molecule has 1 amide bonds. The van der Waals surface area contributed by atoms with Crippen LogP contribution in [0.1, 0.15) is 16.9 Å². The Hall–Kier alpha value is -2.90. The minimum atomic E-state index is -0.131. The third-order valence-corrected chi connectivity index (χ3v) is 7.24. The molecule has 0 saturated heterocycles. The molecule has 4 aromatic rings. The average Bonchev–Trinajstić information content (AvgIpc) is 3.34. The minimum absolute atomic E-state index is 0.0448. The van der Waals surface area contributed by atoms with Gasteiger partial charge >= 0.3 is 0 Å². The highest BCUT2D eigenvalue weighted by Crippen LogP contribution is 2.36. The van der Waals surface area contributed by atoms with Gasteiger partial charge in [-0.05, 0) is 49.1 Å². The quantitative estimate of drug-likeness (QED) is 0.367. The molecule has 1 N–H and O–H groups in total. The molecule has 1 aliphatic carbocycles. The standard InChI is InChI=1S/C23H19N3O2S2/c27-19(24-15-8-3-1-4-9-15)14-29-23-25-21-20(17-12-7-13-18(17)30-21)22(28)26(23)16-10-5-2-6-11-16/h1-6,8-11H,7,12-14H2,(H,24,27). The second-order valence-corrected chi connectivity index (χ2v) is 9.14.